The summed E-state index contributed by atoms with van der Waals surface area (Å²) in [6, 6.07) is -0.158. The summed E-state index contributed by atoms with van der Waals surface area (Å²) < 4.78 is 37.4. The van der Waals surface area contributed by atoms with Gasteiger partial charge in [0, 0.05) is 18.5 Å². The second-order valence-corrected chi connectivity index (χ2v) is 8.61. The lowest BCUT2D eigenvalue weighted by Crippen LogP contribution is -2.48. The van der Waals surface area contributed by atoms with Gasteiger partial charge in [0.2, 0.25) is 10.0 Å². The van der Waals surface area contributed by atoms with E-state index in [1.54, 1.807) is 11.3 Å². The third-order valence-electron chi connectivity index (χ3n) is 3.94. The molecule has 2 fully saturated rings. The molecule has 124 valence electrons. The maximum Gasteiger partial charge on any atom is 0.209 e. The van der Waals surface area contributed by atoms with Crippen molar-refractivity contribution in [2.45, 2.75) is 31.7 Å². The summed E-state index contributed by atoms with van der Waals surface area (Å²) in [7, 11) is -3.27. The Hall–Kier alpha value is -0.580. The summed E-state index contributed by atoms with van der Waals surface area (Å²) in [6.45, 7) is 5.06. The van der Waals surface area contributed by atoms with Crippen LogP contribution in [0.15, 0.2) is 5.38 Å². The van der Waals surface area contributed by atoms with Crippen molar-refractivity contribution in [3.63, 3.8) is 0 Å². The molecule has 0 radical (unpaired) electrons. The van der Waals surface area contributed by atoms with Crippen molar-refractivity contribution in [2.24, 2.45) is 0 Å². The highest BCUT2D eigenvalue weighted by molar-refractivity contribution is 7.88. The van der Waals surface area contributed by atoms with Crippen LogP contribution in [-0.2, 0) is 26.1 Å². The standard InChI is InChI=1S/C13H21N3O4S2/c1-9-14-10(8-21-9)6-20-13-11(15-22(2,17)18)5-16-3-4-19-7-12(13)16/h8,11-13,15H,3-7H2,1-2H3/t11-,12+,13-/m1/s1. The van der Waals surface area contributed by atoms with E-state index in [1.807, 2.05) is 12.3 Å². The maximum absolute atomic E-state index is 11.6. The second kappa shape index (κ2) is 6.50. The lowest BCUT2D eigenvalue weighted by atomic mass is 10.1. The van der Waals surface area contributed by atoms with Crippen molar-refractivity contribution in [1.29, 1.82) is 0 Å². The Morgan fingerprint density at radius 2 is 2.41 bits per heavy atom. The fraction of sp³-hybridized carbons (Fsp3) is 0.769. The number of nitrogens with zero attached hydrogens (tertiary/aromatic N) is 2. The molecule has 0 spiro atoms. The molecule has 1 aromatic heterocycles. The van der Waals surface area contributed by atoms with E-state index < -0.39 is 10.0 Å². The van der Waals surface area contributed by atoms with Crippen molar-refractivity contribution in [2.75, 3.05) is 32.6 Å². The fourth-order valence-electron chi connectivity index (χ4n) is 3.07. The Balaban J connectivity index is 1.70. The van der Waals surface area contributed by atoms with Crippen LogP contribution in [0.3, 0.4) is 0 Å². The van der Waals surface area contributed by atoms with Gasteiger partial charge in [-0.1, -0.05) is 0 Å². The number of thiazole rings is 1. The van der Waals surface area contributed by atoms with Crippen LogP contribution in [0.25, 0.3) is 0 Å². The van der Waals surface area contributed by atoms with Crippen LogP contribution in [0.1, 0.15) is 10.7 Å². The molecule has 3 atom stereocenters. The van der Waals surface area contributed by atoms with Gasteiger partial charge >= 0.3 is 0 Å². The van der Waals surface area contributed by atoms with E-state index in [1.165, 1.54) is 6.26 Å². The highest BCUT2D eigenvalue weighted by Crippen LogP contribution is 2.25. The molecule has 0 aliphatic carbocycles. The normalized spacial score (nSPS) is 29.6. The van der Waals surface area contributed by atoms with Crippen LogP contribution >= 0.6 is 11.3 Å². The molecule has 1 aromatic rings. The van der Waals surface area contributed by atoms with Crippen molar-refractivity contribution in [3.8, 4) is 0 Å². The van der Waals surface area contributed by atoms with E-state index in [0.29, 0.717) is 26.4 Å². The molecule has 0 aromatic carbocycles. The minimum Gasteiger partial charge on any atom is -0.378 e. The lowest BCUT2D eigenvalue weighted by molar-refractivity contribution is -0.0530. The first-order valence-electron chi connectivity index (χ1n) is 7.24. The number of hydrogen-bond acceptors (Lipinski definition) is 7. The van der Waals surface area contributed by atoms with Crippen LogP contribution in [0.4, 0.5) is 0 Å². The largest absolute Gasteiger partial charge is 0.378 e. The highest BCUT2D eigenvalue weighted by atomic mass is 32.2. The molecule has 2 aliphatic rings. The topological polar surface area (TPSA) is 80.8 Å². The van der Waals surface area contributed by atoms with E-state index in [-0.39, 0.29) is 18.2 Å². The number of nitrogens with one attached hydrogen (secondary N) is 1. The summed E-state index contributed by atoms with van der Waals surface area (Å²) in [4.78, 5) is 6.62. The number of morpholine rings is 1. The zero-order valence-electron chi connectivity index (χ0n) is 12.7. The minimum absolute atomic E-state index is 0.0905. The van der Waals surface area contributed by atoms with Gasteiger partial charge in [-0.3, -0.25) is 4.90 Å². The first kappa shape index (κ1) is 16.3. The molecule has 0 amide bonds. The van der Waals surface area contributed by atoms with Gasteiger partial charge in [0.15, 0.2) is 0 Å². The Kier molecular flexibility index (Phi) is 4.81. The van der Waals surface area contributed by atoms with Crippen LogP contribution in [0.2, 0.25) is 0 Å². The third-order valence-corrected chi connectivity index (χ3v) is 5.50. The van der Waals surface area contributed by atoms with Gasteiger partial charge in [-0.15, -0.1) is 11.3 Å². The van der Waals surface area contributed by atoms with Crippen molar-refractivity contribution in [3.05, 3.63) is 16.1 Å². The molecule has 0 saturated carbocycles. The molecule has 3 heterocycles. The molecule has 3 rings (SSSR count). The number of hydrogen-bond donors (Lipinski definition) is 1. The minimum atomic E-state index is -3.27. The van der Waals surface area contributed by atoms with Crippen LogP contribution < -0.4 is 4.72 Å². The number of rotatable bonds is 5. The average Bonchev–Trinajstić information content (AvgIpc) is 2.98. The first-order chi connectivity index (χ1) is 10.4. The number of sulfonamides is 1. The average molecular weight is 347 g/mol. The number of aromatic nitrogens is 1. The molecule has 2 saturated heterocycles. The number of aryl methyl sites for hydroxylation is 1. The molecule has 7 nitrogen and oxygen atoms in total. The third kappa shape index (κ3) is 3.84. The molecule has 0 bridgehead atoms. The summed E-state index contributed by atoms with van der Waals surface area (Å²) in [6.07, 6.45) is 0.957. The molecule has 2 aliphatic heterocycles. The smallest absolute Gasteiger partial charge is 0.209 e. The van der Waals surface area contributed by atoms with Gasteiger partial charge in [0.1, 0.15) is 0 Å². The van der Waals surface area contributed by atoms with Crippen molar-refractivity contribution >= 4 is 21.4 Å². The molecule has 9 heteroatoms. The Labute approximate surface area is 134 Å². The predicted octanol–water partition coefficient (Wildman–Crippen LogP) is -0.0311. The SMILES string of the molecule is Cc1nc(CO[C@@H]2[C@H](NS(C)(=O)=O)CN3CCOC[C@@H]23)cs1. The van der Waals surface area contributed by atoms with E-state index in [0.717, 1.165) is 17.2 Å². The summed E-state index contributed by atoms with van der Waals surface area (Å²) >= 11 is 1.58. The second-order valence-electron chi connectivity index (χ2n) is 5.77. The Bertz CT molecular complexity index is 619. The fourth-order valence-corrected chi connectivity index (χ4v) is 4.43. The van der Waals surface area contributed by atoms with Gasteiger partial charge in [0.05, 0.1) is 55.0 Å². The number of fused-ring (bicyclic) bond motifs is 1. The first-order valence-corrected chi connectivity index (χ1v) is 10.0. The summed E-state index contributed by atoms with van der Waals surface area (Å²) in [5.74, 6) is 0. The zero-order valence-corrected chi connectivity index (χ0v) is 14.3. The van der Waals surface area contributed by atoms with Crippen LogP contribution in [-0.4, -0.2) is 69.0 Å². The molecular formula is C13H21N3O4S2. The van der Waals surface area contributed by atoms with Gasteiger partial charge in [-0.05, 0) is 6.92 Å². The Morgan fingerprint density at radius 1 is 1.59 bits per heavy atom. The lowest BCUT2D eigenvalue weighted by Gasteiger charge is -2.32. The summed E-state index contributed by atoms with van der Waals surface area (Å²) in [5, 5.41) is 2.97. The molecule has 0 unspecified atom stereocenters. The van der Waals surface area contributed by atoms with Crippen molar-refractivity contribution in [1.82, 2.24) is 14.6 Å². The van der Waals surface area contributed by atoms with Gasteiger partial charge in [0.25, 0.3) is 0 Å². The monoisotopic (exact) mass is 347 g/mol. The predicted molar refractivity (Wildman–Crippen MR) is 83.4 cm³/mol. The van der Waals surface area contributed by atoms with E-state index in [9.17, 15) is 8.42 Å². The Morgan fingerprint density at radius 3 is 3.09 bits per heavy atom. The van der Waals surface area contributed by atoms with E-state index >= 15 is 0 Å². The number of ether oxygens (including phenoxy) is 2. The zero-order chi connectivity index (χ0) is 15.7. The van der Waals surface area contributed by atoms with Gasteiger partial charge in [-0.2, -0.15) is 0 Å². The van der Waals surface area contributed by atoms with Crippen molar-refractivity contribution < 1.29 is 17.9 Å². The van der Waals surface area contributed by atoms with E-state index in [4.69, 9.17) is 9.47 Å². The maximum atomic E-state index is 11.6. The molecular weight excluding hydrogens is 326 g/mol. The molecule has 22 heavy (non-hydrogen) atoms. The van der Waals surface area contributed by atoms with Crippen LogP contribution in [0, 0.1) is 6.92 Å². The van der Waals surface area contributed by atoms with E-state index in [2.05, 4.69) is 14.6 Å². The molecule has 1 N–H and O–H groups in total. The van der Waals surface area contributed by atoms with Crippen LogP contribution in [0.5, 0.6) is 0 Å². The quantitative estimate of drug-likeness (QED) is 0.806. The summed E-state index contributed by atoms with van der Waals surface area (Å²) in [5.41, 5.74) is 0.885. The van der Waals surface area contributed by atoms with Gasteiger partial charge < -0.3 is 9.47 Å². The highest BCUT2D eigenvalue weighted by Gasteiger charge is 2.45. The van der Waals surface area contributed by atoms with Gasteiger partial charge in [-0.25, -0.2) is 18.1 Å².